The summed E-state index contributed by atoms with van der Waals surface area (Å²) in [6.07, 6.45) is 2.40. The van der Waals surface area contributed by atoms with Crippen molar-refractivity contribution < 1.29 is 4.79 Å². The van der Waals surface area contributed by atoms with Crippen molar-refractivity contribution >= 4 is 46.2 Å². The van der Waals surface area contributed by atoms with Crippen LogP contribution in [0.3, 0.4) is 0 Å². The molecule has 0 spiro atoms. The van der Waals surface area contributed by atoms with E-state index in [-0.39, 0.29) is 11.0 Å². The lowest BCUT2D eigenvalue weighted by Gasteiger charge is -2.22. The first-order chi connectivity index (χ1) is 11.6. The summed E-state index contributed by atoms with van der Waals surface area (Å²) in [6.45, 7) is 2.08. The van der Waals surface area contributed by atoms with Crippen molar-refractivity contribution in [2.45, 2.75) is 12.8 Å². The zero-order valence-corrected chi connectivity index (χ0v) is 14.7. The summed E-state index contributed by atoms with van der Waals surface area (Å²) >= 11 is 11.2. The van der Waals surface area contributed by atoms with E-state index in [9.17, 15) is 4.79 Å². The van der Waals surface area contributed by atoms with Crippen LogP contribution in [0.15, 0.2) is 48.5 Å². The van der Waals surface area contributed by atoms with Crippen molar-refractivity contribution in [3.8, 4) is 0 Å². The molecule has 1 saturated heterocycles. The maximum Gasteiger partial charge on any atom is 0.257 e. The van der Waals surface area contributed by atoms with Gasteiger partial charge in [-0.3, -0.25) is 10.1 Å². The van der Waals surface area contributed by atoms with E-state index in [0.29, 0.717) is 10.6 Å². The average molecular weight is 360 g/mol. The first-order valence-corrected chi connectivity index (χ1v) is 8.64. The molecule has 1 aliphatic heterocycles. The first-order valence-electron chi connectivity index (χ1n) is 7.85. The molecule has 0 bridgehead atoms. The average Bonchev–Trinajstić information content (AvgIpc) is 3.09. The fourth-order valence-corrected chi connectivity index (χ4v) is 3.16. The highest BCUT2D eigenvalue weighted by atomic mass is 35.5. The zero-order chi connectivity index (χ0) is 16.9. The molecule has 6 heteroatoms. The summed E-state index contributed by atoms with van der Waals surface area (Å²) < 4.78 is 0. The largest absolute Gasteiger partial charge is 0.370 e. The van der Waals surface area contributed by atoms with Crippen LogP contribution in [0.25, 0.3) is 0 Å². The topological polar surface area (TPSA) is 44.4 Å². The number of amides is 1. The van der Waals surface area contributed by atoms with Crippen LogP contribution < -0.4 is 15.5 Å². The van der Waals surface area contributed by atoms with Crippen LogP contribution in [0.5, 0.6) is 0 Å². The number of thiocarbonyl (C=S) groups is 1. The lowest BCUT2D eigenvalue weighted by molar-refractivity contribution is 0.0977. The number of benzene rings is 2. The number of nitrogens with one attached hydrogen (secondary N) is 2. The van der Waals surface area contributed by atoms with Crippen LogP contribution in [0.4, 0.5) is 11.4 Å². The summed E-state index contributed by atoms with van der Waals surface area (Å²) in [4.78, 5) is 14.6. The molecule has 1 fully saturated rings. The Labute approximate surface area is 151 Å². The van der Waals surface area contributed by atoms with Gasteiger partial charge in [-0.15, -0.1) is 0 Å². The van der Waals surface area contributed by atoms with Gasteiger partial charge >= 0.3 is 0 Å². The van der Waals surface area contributed by atoms with Crippen LogP contribution in [0.1, 0.15) is 23.2 Å². The van der Waals surface area contributed by atoms with E-state index in [2.05, 4.69) is 21.6 Å². The van der Waals surface area contributed by atoms with Gasteiger partial charge in [-0.2, -0.15) is 0 Å². The number of anilines is 2. The van der Waals surface area contributed by atoms with Gasteiger partial charge in [0.25, 0.3) is 5.91 Å². The second kappa shape index (κ2) is 7.64. The summed E-state index contributed by atoms with van der Waals surface area (Å²) in [5.74, 6) is -0.284. The predicted octanol–water partition coefficient (Wildman–Crippen LogP) is 4.07. The number of hydrogen-bond acceptors (Lipinski definition) is 3. The van der Waals surface area contributed by atoms with Gasteiger partial charge < -0.3 is 10.2 Å². The van der Waals surface area contributed by atoms with E-state index in [1.54, 1.807) is 24.3 Å². The van der Waals surface area contributed by atoms with Gasteiger partial charge in [-0.05, 0) is 55.4 Å². The predicted molar refractivity (Wildman–Crippen MR) is 103 cm³/mol. The first kappa shape index (κ1) is 16.7. The Morgan fingerprint density at radius 2 is 1.83 bits per heavy atom. The highest BCUT2D eigenvalue weighted by molar-refractivity contribution is 7.80. The van der Waals surface area contributed by atoms with E-state index in [1.807, 2.05) is 18.2 Å². The Balaban J connectivity index is 1.68. The van der Waals surface area contributed by atoms with E-state index >= 15 is 0 Å². The number of rotatable bonds is 3. The second-order valence-electron chi connectivity index (χ2n) is 5.63. The zero-order valence-electron chi connectivity index (χ0n) is 13.1. The van der Waals surface area contributed by atoms with Crippen LogP contribution >= 0.6 is 23.8 Å². The number of halogens is 1. The quantitative estimate of drug-likeness (QED) is 0.811. The molecule has 1 amide bonds. The van der Waals surface area contributed by atoms with Crippen LogP contribution in [0, 0.1) is 0 Å². The smallest absolute Gasteiger partial charge is 0.257 e. The van der Waals surface area contributed by atoms with Crippen molar-refractivity contribution in [2.75, 3.05) is 23.3 Å². The molecule has 0 unspecified atom stereocenters. The van der Waals surface area contributed by atoms with E-state index < -0.39 is 0 Å². The van der Waals surface area contributed by atoms with Gasteiger partial charge in [0.15, 0.2) is 5.11 Å². The van der Waals surface area contributed by atoms with Crippen molar-refractivity contribution in [2.24, 2.45) is 0 Å². The molecule has 0 aromatic heterocycles. The Bertz CT molecular complexity index is 759. The van der Waals surface area contributed by atoms with E-state index in [1.165, 1.54) is 12.8 Å². The second-order valence-corrected chi connectivity index (χ2v) is 6.47. The van der Waals surface area contributed by atoms with E-state index in [0.717, 1.165) is 24.5 Å². The SMILES string of the molecule is O=C(NC(=S)Nc1ccccc1N1CCCC1)c1cccc(Cl)c1. The number of carbonyl (C=O) groups is 1. The molecule has 0 aliphatic carbocycles. The molecule has 4 nitrogen and oxygen atoms in total. The van der Waals surface area contributed by atoms with Gasteiger partial charge in [0.2, 0.25) is 0 Å². The third-order valence-corrected chi connectivity index (χ3v) is 4.35. The molecule has 1 heterocycles. The summed E-state index contributed by atoms with van der Waals surface area (Å²) in [5.41, 5.74) is 2.48. The summed E-state index contributed by atoms with van der Waals surface area (Å²) in [7, 11) is 0. The maximum absolute atomic E-state index is 12.2. The Morgan fingerprint density at radius 1 is 1.08 bits per heavy atom. The van der Waals surface area contributed by atoms with Crippen molar-refractivity contribution in [1.29, 1.82) is 0 Å². The molecule has 2 aromatic carbocycles. The third-order valence-electron chi connectivity index (χ3n) is 3.91. The molecule has 1 aliphatic rings. The summed E-state index contributed by atoms with van der Waals surface area (Å²) in [5, 5.41) is 6.61. The maximum atomic E-state index is 12.2. The standard InChI is InChI=1S/C18H18ClN3OS/c19-14-7-5-6-13(12-14)17(23)21-18(24)20-15-8-1-2-9-16(15)22-10-3-4-11-22/h1-2,5-9,12H,3-4,10-11H2,(H2,20,21,23,24). The minimum absolute atomic E-state index is 0.270. The fourth-order valence-electron chi connectivity index (χ4n) is 2.77. The van der Waals surface area contributed by atoms with Gasteiger partial charge in [-0.25, -0.2) is 0 Å². The monoisotopic (exact) mass is 359 g/mol. The van der Waals surface area contributed by atoms with Crippen molar-refractivity contribution in [3.63, 3.8) is 0 Å². The van der Waals surface area contributed by atoms with Crippen molar-refractivity contribution in [3.05, 3.63) is 59.1 Å². The van der Waals surface area contributed by atoms with Gasteiger partial charge in [0.1, 0.15) is 0 Å². The van der Waals surface area contributed by atoms with Gasteiger partial charge in [0, 0.05) is 23.7 Å². The Kier molecular flexibility index (Phi) is 5.33. The number of hydrogen-bond donors (Lipinski definition) is 2. The third kappa shape index (κ3) is 4.04. The fraction of sp³-hybridized carbons (Fsp3) is 0.222. The normalized spacial score (nSPS) is 13.6. The molecule has 124 valence electrons. The minimum Gasteiger partial charge on any atom is -0.370 e. The highest BCUT2D eigenvalue weighted by Gasteiger charge is 2.16. The molecule has 0 atom stereocenters. The van der Waals surface area contributed by atoms with Crippen LogP contribution in [0.2, 0.25) is 5.02 Å². The molecule has 2 aromatic rings. The number of nitrogens with zero attached hydrogens (tertiary/aromatic N) is 1. The van der Waals surface area contributed by atoms with Gasteiger partial charge in [0.05, 0.1) is 11.4 Å². The molecule has 24 heavy (non-hydrogen) atoms. The molecular formula is C18H18ClN3OS. The van der Waals surface area contributed by atoms with Crippen LogP contribution in [-0.2, 0) is 0 Å². The van der Waals surface area contributed by atoms with Gasteiger partial charge in [-0.1, -0.05) is 29.8 Å². The van der Waals surface area contributed by atoms with E-state index in [4.69, 9.17) is 23.8 Å². The molecule has 3 rings (SSSR count). The molecule has 0 saturated carbocycles. The number of carbonyl (C=O) groups excluding carboxylic acids is 1. The lowest BCUT2D eigenvalue weighted by atomic mass is 10.2. The lowest BCUT2D eigenvalue weighted by Crippen LogP contribution is -2.34. The molecule has 0 radical (unpaired) electrons. The minimum atomic E-state index is -0.284. The Morgan fingerprint density at radius 3 is 2.58 bits per heavy atom. The molecule has 2 N–H and O–H groups in total. The van der Waals surface area contributed by atoms with Crippen molar-refractivity contribution in [1.82, 2.24) is 5.32 Å². The number of para-hydroxylation sites is 2. The molecular weight excluding hydrogens is 342 g/mol. The van der Waals surface area contributed by atoms with Crippen LogP contribution in [-0.4, -0.2) is 24.1 Å². The summed E-state index contributed by atoms with van der Waals surface area (Å²) in [6, 6.07) is 14.7. The highest BCUT2D eigenvalue weighted by Crippen LogP contribution is 2.28. The Hall–Kier alpha value is -2.11.